The summed E-state index contributed by atoms with van der Waals surface area (Å²) < 4.78 is 1.82. The van der Waals surface area contributed by atoms with Crippen LogP contribution in [0, 0.1) is 6.92 Å². The van der Waals surface area contributed by atoms with Crippen LogP contribution < -0.4 is 10.6 Å². The van der Waals surface area contributed by atoms with Crippen molar-refractivity contribution in [2.24, 2.45) is 7.05 Å². The molecule has 1 aromatic heterocycles. The Hall–Kier alpha value is -2.34. The average Bonchev–Trinajstić information content (AvgIpc) is 3.18. The van der Waals surface area contributed by atoms with Gasteiger partial charge in [0.15, 0.2) is 0 Å². The monoisotopic (exact) mass is 444 g/mol. The van der Waals surface area contributed by atoms with Gasteiger partial charge in [-0.3, -0.25) is 9.48 Å². The number of benzene rings is 2. The minimum atomic E-state index is -0.715. The maximum atomic E-state index is 13.0. The van der Waals surface area contributed by atoms with Crippen LogP contribution in [0.2, 0.25) is 10.0 Å². The van der Waals surface area contributed by atoms with Gasteiger partial charge in [-0.05, 0) is 69.3 Å². The minimum absolute atomic E-state index is 0.00568. The summed E-state index contributed by atoms with van der Waals surface area (Å²) >= 11 is 11.6. The van der Waals surface area contributed by atoms with Crippen LogP contribution in [-0.2, 0) is 17.3 Å². The molecule has 0 aliphatic carbocycles. The van der Waals surface area contributed by atoms with E-state index < -0.39 is 5.41 Å². The third-order valence-electron chi connectivity index (χ3n) is 5.23. The molecule has 2 aromatic carbocycles. The average molecular weight is 445 g/mol. The Kier molecular flexibility index (Phi) is 7.19. The van der Waals surface area contributed by atoms with Crippen molar-refractivity contribution in [2.45, 2.75) is 25.2 Å². The number of rotatable bonds is 5. The molecule has 0 fully saturated rings. The molecule has 0 saturated heterocycles. The number of amides is 1. The van der Waals surface area contributed by atoms with E-state index in [0.717, 1.165) is 40.6 Å². The Morgan fingerprint density at radius 1 is 1.10 bits per heavy atom. The zero-order valence-electron chi connectivity index (χ0n) is 17.4. The normalized spacial score (nSPS) is 17.2. The van der Waals surface area contributed by atoms with Gasteiger partial charge in [0.25, 0.3) is 0 Å². The lowest BCUT2D eigenvalue weighted by atomic mass is 9.74. The summed E-state index contributed by atoms with van der Waals surface area (Å²) in [5, 5.41) is 12.0. The molecule has 0 saturated carbocycles. The predicted octanol–water partition coefficient (Wildman–Crippen LogP) is 4.96. The van der Waals surface area contributed by atoms with E-state index in [1.807, 2.05) is 80.3 Å². The van der Waals surface area contributed by atoms with Crippen molar-refractivity contribution in [1.29, 1.82) is 0 Å². The van der Waals surface area contributed by atoms with Crippen molar-refractivity contribution in [1.82, 2.24) is 15.1 Å². The van der Waals surface area contributed by atoms with Gasteiger partial charge in [0.05, 0.1) is 11.4 Å². The van der Waals surface area contributed by atoms with Crippen LogP contribution >= 0.6 is 23.2 Å². The van der Waals surface area contributed by atoms with E-state index in [2.05, 4.69) is 15.7 Å². The van der Waals surface area contributed by atoms with Gasteiger partial charge in [0.1, 0.15) is 5.41 Å². The molecule has 1 atom stereocenters. The number of aromatic nitrogens is 2. The molecule has 3 aromatic rings. The van der Waals surface area contributed by atoms with Crippen molar-refractivity contribution in [3.05, 3.63) is 81.6 Å². The van der Waals surface area contributed by atoms with Crippen LogP contribution in [0.4, 0.5) is 5.69 Å². The van der Waals surface area contributed by atoms with E-state index in [4.69, 9.17) is 23.2 Å². The summed E-state index contributed by atoms with van der Waals surface area (Å²) in [5.74, 6) is -0.00568. The van der Waals surface area contributed by atoms with Gasteiger partial charge in [-0.15, -0.1) is 0 Å². The molecule has 1 aliphatic rings. The van der Waals surface area contributed by atoms with Crippen LogP contribution in [0.3, 0.4) is 0 Å². The zero-order valence-corrected chi connectivity index (χ0v) is 18.9. The summed E-state index contributed by atoms with van der Waals surface area (Å²) in [6.07, 6.45) is 1.60. The van der Waals surface area contributed by atoms with E-state index in [9.17, 15) is 4.79 Å². The van der Waals surface area contributed by atoms with Gasteiger partial charge in [0.2, 0.25) is 5.91 Å². The fraction of sp³-hybridized carbons (Fsp3) is 0.304. The lowest BCUT2D eigenvalue weighted by molar-refractivity contribution is -0.120. The quantitative estimate of drug-likeness (QED) is 0.546. The number of anilines is 1. The van der Waals surface area contributed by atoms with E-state index >= 15 is 0 Å². The largest absolute Gasteiger partial charge is 0.325 e. The first kappa shape index (κ1) is 22.3. The van der Waals surface area contributed by atoms with E-state index in [0.29, 0.717) is 11.4 Å². The molecule has 4 rings (SSSR count). The summed E-state index contributed by atoms with van der Waals surface area (Å²) in [6.45, 7) is 2.80. The molecule has 2 heterocycles. The Morgan fingerprint density at radius 3 is 2.40 bits per heavy atom. The topological polar surface area (TPSA) is 59.0 Å². The lowest BCUT2D eigenvalue weighted by Gasteiger charge is -2.28. The number of halogens is 2. The van der Waals surface area contributed by atoms with E-state index in [1.165, 1.54) is 0 Å². The maximum Gasteiger partial charge on any atom is 0.241 e. The van der Waals surface area contributed by atoms with Crippen molar-refractivity contribution in [3.8, 4) is 0 Å². The second-order valence-corrected chi connectivity index (χ2v) is 8.22. The SMILES string of the molecule is CNCCC[C@@]1(c2cc(C)nn2C)C(=O)Nc2cc(Cl)ccc21.Clc1ccccc1. The smallest absolute Gasteiger partial charge is 0.241 e. The van der Waals surface area contributed by atoms with Crippen molar-refractivity contribution < 1.29 is 4.79 Å². The minimum Gasteiger partial charge on any atom is -0.325 e. The van der Waals surface area contributed by atoms with Crippen molar-refractivity contribution in [3.63, 3.8) is 0 Å². The molecule has 0 unspecified atom stereocenters. The lowest BCUT2D eigenvalue weighted by Crippen LogP contribution is -2.38. The van der Waals surface area contributed by atoms with Crippen LogP contribution in [0.5, 0.6) is 0 Å². The second kappa shape index (κ2) is 9.65. The summed E-state index contributed by atoms with van der Waals surface area (Å²) in [5.41, 5.74) is 2.89. The highest BCUT2D eigenvalue weighted by Crippen LogP contribution is 2.46. The van der Waals surface area contributed by atoms with Gasteiger partial charge < -0.3 is 10.6 Å². The fourth-order valence-electron chi connectivity index (χ4n) is 3.93. The van der Waals surface area contributed by atoms with Gasteiger partial charge in [-0.2, -0.15) is 5.10 Å². The Labute approximate surface area is 187 Å². The van der Waals surface area contributed by atoms with Gasteiger partial charge in [0, 0.05) is 22.8 Å². The molecule has 0 radical (unpaired) electrons. The number of hydrogen-bond donors (Lipinski definition) is 2. The molecule has 5 nitrogen and oxygen atoms in total. The van der Waals surface area contributed by atoms with Gasteiger partial charge in [-0.1, -0.05) is 47.5 Å². The summed E-state index contributed by atoms with van der Waals surface area (Å²) in [4.78, 5) is 13.0. The molecule has 158 valence electrons. The highest BCUT2D eigenvalue weighted by Gasteiger charge is 2.49. The number of carbonyl (C=O) groups is 1. The third kappa shape index (κ3) is 4.53. The molecule has 30 heavy (non-hydrogen) atoms. The fourth-order valence-corrected chi connectivity index (χ4v) is 4.25. The maximum absolute atomic E-state index is 13.0. The second-order valence-electron chi connectivity index (χ2n) is 7.35. The first-order valence-corrected chi connectivity index (χ1v) is 10.6. The number of fused-ring (bicyclic) bond motifs is 1. The van der Waals surface area contributed by atoms with Crippen LogP contribution in [0.25, 0.3) is 0 Å². The standard InChI is InChI=1S/C17H21ClN4O.C6H5Cl/c1-11-9-15(22(3)21-11)17(7-4-8-19-2)13-6-5-12(18)10-14(13)20-16(17)23;7-6-4-2-1-3-5-6/h5-6,9-10,19H,4,7-8H2,1-3H3,(H,20,23);1-5H/t17-;/m1./s1. The highest BCUT2D eigenvalue weighted by atomic mass is 35.5. The Balaban J connectivity index is 0.000000310. The van der Waals surface area contributed by atoms with Crippen LogP contribution in [-0.4, -0.2) is 29.3 Å². The van der Waals surface area contributed by atoms with Crippen LogP contribution in [0.15, 0.2) is 54.6 Å². The molecule has 2 N–H and O–H groups in total. The van der Waals surface area contributed by atoms with E-state index in [1.54, 1.807) is 0 Å². The Bertz CT molecular complexity index is 1020. The molecular weight excluding hydrogens is 419 g/mol. The van der Waals surface area contributed by atoms with Crippen molar-refractivity contribution >= 4 is 34.8 Å². The molecule has 1 aliphatic heterocycles. The number of hydrogen-bond acceptors (Lipinski definition) is 3. The zero-order chi connectivity index (χ0) is 21.7. The summed E-state index contributed by atoms with van der Waals surface area (Å²) in [7, 11) is 3.81. The highest BCUT2D eigenvalue weighted by molar-refractivity contribution is 6.31. The van der Waals surface area contributed by atoms with E-state index in [-0.39, 0.29) is 5.91 Å². The Morgan fingerprint density at radius 2 is 1.83 bits per heavy atom. The number of aryl methyl sites for hydroxylation is 2. The summed E-state index contributed by atoms with van der Waals surface area (Å²) in [6, 6.07) is 17.1. The van der Waals surface area contributed by atoms with Crippen LogP contribution in [0.1, 0.15) is 29.8 Å². The molecule has 1 amide bonds. The van der Waals surface area contributed by atoms with Crippen molar-refractivity contribution in [2.75, 3.05) is 18.9 Å². The number of nitrogens with one attached hydrogen (secondary N) is 2. The van der Waals surface area contributed by atoms with Gasteiger partial charge in [-0.25, -0.2) is 0 Å². The first-order valence-electron chi connectivity index (χ1n) is 9.86. The number of carbonyl (C=O) groups excluding carboxylic acids is 1. The molecule has 0 bridgehead atoms. The third-order valence-corrected chi connectivity index (χ3v) is 5.72. The number of nitrogens with zero attached hydrogens (tertiary/aromatic N) is 2. The molecular formula is C23H26Cl2N4O. The first-order chi connectivity index (χ1) is 14.4. The molecule has 0 spiro atoms. The van der Waals surface area contributed by atoms with Gasteiger partial charge >= 0.3 is 0 Å². The molecule has 7 heteroatoms. The predicted molar refractivity (Wildman–Crippen MR) is 123 cm³/mol.